The van der Waals surface area contributed by atoms with Crippen molar-refractivity contribution in [2.75, 3.05) is 4.67 Å². The van der Waals surface area contributed by atoms with Gasteiger partial charge in [0.1, 0.15) is 0 Å². The number of hydrogen-bond donors (Lipinski definition) is 0. The fraction of sp³-hybridized carbons (Fsp3) is 0.231. The van der Waals surface area contributed by atoms with E-state index in [0.717, 1.165) is 35.4 Å². The van der Waals surface area contributed by atoms with Crippen LogP contribution in [0, 0.1) is 0 Å². The average molecular weight is 415 g/mol. The summed E-state index contributed by atoms with van der Waals surface area (Å²) in [4.78, 5) is 12.5. The van der Waals surface area contributed by atoms with Crippen LogP contribution >= 0.6 is 0 Å². The Morgan fingerprint density at radius 1 is 0.733 bits per heavy atom. The third-order valence-corrected chi connectivity index (χ3v) is 6.51. The molecular weight excluding hydrogens is 384 g/mol. The molecule has 4 heteroatoms. The molecule has 0 aliphatic heterocycles. The first-order chi connectivity index (χ1) is 14.4. The Hall–Kier alpha value is -2.98. The molecule has 0 N–H and O–H groups in total. The van der Waals surface area contributed by atoms with Gasteiger partial charge < -0.3 is 0 Å². The van der Waals surface area contributed by atoms with Crippen molar-refractivity contribution >= 4 is 25.4 Å². The van der Waals surface area contributed by atoms with E-state index in [9.17, 15) is 4.79 Å². The molecule has 3 aromatic rings. The van der Waals surface area contributed by atoms with Crippen molar-refractivity contribution in [1.82, 2.24) is 0 Å². The van der Waals surface area contributed by atoms with Gasteiger partial charge >= 0.3 is 0 Å². The number of carbonyl (C=O) groups is 1. The predicted octanol–water partition coefficient (Wildman–Crippen LogP) is 6.79. The van der Waals surface area contributed by atoms with Crippen LogP contribution in [-0.2, 0) is 0 Å². The van der Waals surface area contributed by atoms with Crippen LogP contribution in [0.5, 0.6) is 0 Å². The summed E-state index contributed by atoms with van der Waals surface area (Å²) in [6.07, 6.45) is 2.06. The molecule has 0 unspecified atom stereocenters. The average Bonchev–Trinajstić information content (AvgIpc) is 2.77. The molecule has 0 aromatic heterocycles. The Bertz CT molecular complexity index is 964. The molecule has 0 saturated heterocycles. The molecule has 0 aliphatic rings. The molecule has 0 fully saturated rings. The van der Waals surface area contributed by atoms with Crippen molar-refractivity contribution in [2.24, 2.45) is 5.10 Å². The smallest absolute Gasteiger partial charge is 0.176 e. The van der Waals surface area contributed by atoms with Gasteiger partial charge in [-0.3, -0.25) is 9.47 Å². The lowest BCUT2D eigenvalue weighted by Gasteiger charge is -2.32. The maximum absolute atomic E-state index is 12.5. The Morgan fingerprint density at radius 3 is 1.77 bits per heavy atom. The van der Waals surface area contributed by atoms with Gasteiger partial charge in [0.2, 0.25) is 0 Å². The number of para-hydroxylation sites is 1. The highest BCUT2D eigenvalue weighted by Crippen LogP contribution is 2.23. The van der Waals surface area contributed by atoms with E-state index in [0.29, 0.717) is 6.42 Å². The van der Waals surface area contributed by atoms with Crippen LogP contribution in [-0.4, -0.2) is 19.7 Å². The summed E-state index contributed by atoms with van der Waals surface area (Å²) in [5, 5.41) is 5.16. The molecule has 0 amide bonds. The monoisotopic (exact) mass is 414 g/mol. The Kier molecular flexibility index (Phi) is 7.36. The van der Waals surface area contributed by atoms with Crippen LogP contribution in [0.15, 0.2) is 96.1 Å². The van der Waals surface area contributed by atoms with Gasteiger partial charge in [-0.1, -0.05) is 78.9 Å². The van der Waals surface area contributed by atoms with E-state index in [2.05, 4.69) is 60.7 Å². The van der Waals surface area contributed by atoms with E-state index in [1.165, 1.54) is 0 Å². The number of nitrogens with zero attached hydrogens (tertiary/aromatic N) is 2. The van der Waals surface area contributed by atoms with Crippen LogP contribution in [0.25, 0.3) is 0 Å². The minimum absolute atomic E-state index is 0.188. The van der Waals surface area contributed by atoms with Crippen molar-refractivity contribution in [2.45, 2.75) is 38.9 Å². The van der Waals surface area contributed by atoms with Crippen molar-refractivity contribution in [3.05, 3.63) is 102 Å². The lowest BCUT2D eigenvalue weighted by molar-refractivity contribution is 0.0981. The van der Waals surface area contributed by atoms with Gasteiger partial charge in [-0.15, -0.1) is 0 Å². The predicted molar refractivity (Wildman–Crippen MR) is 130 cm³/mol. The highest BCUT2D eigenvalue weighted by molar-refractivity contribution is 6.79. The maximum atomic E-state index is 12.5. The van der Waals surface area contributed by atoms with Gasteiger partial charge in [0.15, 0.2) is 14.0 Å². The molecule has 0 saturated carbocycles. The van der Waals surface area contributed by atoms with Gasteiger partial charge in [-0.05, 0) is 50.2 Å². The first kappa shape index (κ1) is 21.7. The molecule has 154 valence electrons. The second-order valence-corrected chi connectivity index (χ2v) is 13.1. The minimum atomic E-state index is -1.76. The molecule has 3 rings (SSSR count). The molecule has 0 spiro atoms. The number of carbonyl (C=O) groups excluding carboxylic acids is 1. The number of ketones is 1. The number of benzene rings is 3. The standard InChI is InChI=1S/C26H30N2OSi/c1-30(2,3)28(24-18-11-6-12-19-24)27-25(22-14-7-4-8-15-22)20-13-21-26(29)23-16-9-5-10-17-23/h4-12,14-19H,13,20-21H2,1-3H3. The molecule has 0 atom stereocenters. The summed E-state index contributed by atoms with van der Waals surface area (Å²) in [5.74, 6) is 0.188. The largest absolute Gasteiger partial charge is 0.295 e. The number of anilines is 1. The van der Waals surface area contributed by atoms with Crippen molar-refractivity contribution < 1.29 is 4.79 Å². The fourth-order valence-corrected chi connectivity index (χ4v) is 4.70. The summed E-state index contributed by atoms with van der Waals surface area (Å²) in [7, 11) is -1.76. The molecule has 0 heterocycles. The van der Waals surface area contributed by atoms with Gasteiger partial charge in [0, 0.05) is 17.7 Å². The summed E-state index contributed by atoms with van der Waals surface area (Å²) < 4.78 is 2.22. The second-order valence-electron chi connectivity index (χ2n) is 8.37. The van der Waals surface area contributed by atoms with Gasteiger partial charge in [0.25, 0.3) is 0 Å². The fourth-order valence-electron chi connectivity index (χ4n) is 3.35. The lowest BCUT2D eigenvalue weighted by Crippen LogP contribution is -2.43. The molecule has 30 heavy (non-hydrogen) atoms. The van der Waals surface area contributed by atoms with E-state index in [4.69, 9.17) is 5.10 Å². The van der Waals surface area contributed by atoms with Crippen molar-refractivity contribution in [3.63, 3.8) is 0 Å². The van der Waals surface area contributed by atoms with Gasteiger partial charge in [-0.25, -0.2) is 0 Å². The summed E-state index contributed by atoms with van der Waals surface area (Å²) in [6, 6.07) is 30.2. The molecule has 3 nitrogen and oxygen atoms in total. The lowest BCUT2D eigenvalue weighted by atomic mass is 10.0. The van der Waals surface area contributed by atoms with Gasteiger partial charge in [-0.2, -0.15) is 5.10 Å². The van der Waals surface area contributed by atoms with Crippen LogP contribution in [0.4, 0.5) is 5.69 Å². The number of rotatable bonds is 9. The zero-order valence-electron chi connectivity index (χ0n) is 18.1. The van der Waals surface area contributed by atoms with Crippen molar-refractivity contribution in [1.29, 1.82) is 0 Å². The van der Waals surface area contributed by atoms with Crippen LogP contribution in [0.1, 0.15) is 35.2 Å². The van der Waals surface area contributed by atoms with E-state index in [1.807, 2.05) is 54.6 Å². The second kappa shape index (κ2) is 10.2. The van der Waals surface area contributed by atoms with Crippen LogP contribution < -0.4 is 4.67 Å². The number of Topliss-reactive ketones (excluding diaryl/α,β-unsaturated/α-hetero) is 1. The first-order valence-electron chi connectivity index (χ1n) is 10.5. The molecular formula is C26H30N2OSi. The molecule has 0 bridgehead atoms. The number of hydrazone groups is 1. The van der Waals surface area contributed by atoms with E-state index < -0.39 is 8.24 Å². The maximum Gasteiger partial charge on any atom is 0.176 e. The third-order valence-electron chi connectivity index (χ3n) is 4.88. The topological polar surface area (TPSA) is 32.7 Å². The quantitative estimate of drug-likeness (QED) is 0.167. The Labute approximate surface area is 181 Å². The summed E-state index contributed by atoms with van der Waals surface area (Å²) in [5.41, 5.74) is 4.04. The zero-order chi connectivity index (χ0) is 21.4. The highest BCUT2D eigenvalue weighted by Gasteiger charge is 2.25. The number of hydrogen-bond acceptors (Lipinski definition) is 3. The zero-order valence-corrected chi connectivity index (χ0v) is 19.1. The van der Waals surface area contributed by atoms with Gasteiger partial charge in [0.05, 0.1) is 5.71 Å². The summed E-state index contributed by atoms with van der Waals surface area (Å²) in [6.45, 7) is 6.89. The molecule has 0 aliphatic carbocycles. The van der Waals surface area contributed by atoms with Crippen molar-refractivity contribution in [3.8, 4) is 0 Å². The highest BCUT2D eigenvalue weighted by atomic mass is 28.3. The van der Waals surface area contributed by atoms with Crippen LogP contribution in [0.3, 0.4) is 0 Å². The first-order valence-corrected chi connectivity index (χ1v) is 14.0. The van der Waals surface area contributed by atoms with Crippen LogP contribution in [0.2, 0.25) is 19.6 Å². The Morgan fingerprint density at radius 2 is 1.23 bits per heavy atom. The summed E-state index contributed by atoms with van der Waals surface area (Å²) >= 11 is 0. The SMILES string of the molecule is C[Si](C)(C)N(N=C(CCCC(=O)c1ccccc1)c1ccccc1)c1ccccc1. The van der Waals surface area contributed by atoms with E-state index in [1.54, 1.807) is 0 Å². The molecule has 3 aromatic carbocycles. The van der Waals surface area contributed by atoms with E-state index >= 15 is 0 Å². The minimum Gasteiger partial charge on any atom is -0.295 e. The molecule has 0 radical (unpaired) electrons. The normalized spacial score (nSPS) is 11.9. The third kappa shape index (κ3) is 6.01. The van der Waals surface area contributed by atoms with E-state index in [-0.39, 0.29) is 5.78 Å². The Balaban J connectivity index is 1.84.